The predicted molar refractivity (Wildman–Crippen MR) is 167 cm³/mol. The van der Waals surface area contributed by atoms with Crippen LogP contribution in [0.3, 0.4) is 0 Å². The molecule has 2 aromatic rings. The monoisotopic (exact) mass is 667 g/mol. The third-order valence-corrected chi connectivity index (χ3v) is 12.2. The normalized spacial score (nSPS) is 14.3. The second-order valence-electron chi connectivity index (χ2n) is 12.8. The fourth-order valence-corrected chi connectivity index (χ4v) is 8.53. The summed E-state index contributed by atoms with van der Waals surface area (Å²) in [4.78, 5) is 11.8. The number of hydrogen-bond donors (Lipinski definition) is 2. The van der Waals surface area contributed by atoms with Crippen LogP contribution >= 0.6 is 30.6 Å². The number of hydrogen-bond acceptors (Lipinski definition) is 4. The van der Waals surface area contributed by atoms with Gasteiger partial charge < -0.3 is 19.7 Å². The van der Waals surface area contributed by atoms with Crippen LogP contribution in [0.1, 0.15) is 84.4 Å². The smallest absolute Gasteiger partial charge is 0.419 e. The van der Waals surface area contributed by atoms with Crippen molar-refractivity contribution in [3.8, 4) is 5.75 Å². The molecule has 0 saturated carbocycles. The van der Waals surface area contributed by atoms with Gasteiger partial charge in [-0.15, -0.1) is 0 Å². The first kappa shape index (κ1) is 37.3. The first-order chi connectivity index (χ1) is 19.6. The Kier molecular flexibility index (Phi) is 12.5. The van der Waals surface area contributed by atoms with Crippen molar-refractivity contribution in [1.29, 1.82) is 0 Å². The zero-order valence-electron chi connectivity index (χ0n) is 25.8. The Morgan fingerprint density at radius 1 is 0.930 bits per heavy atom. The van der Waals surface area contributed by atoms with E-state index in [2.05, 4.69) is 5.32 Å². The van der Waals surface area contributed by atoms with E-state index in [-0.39, 0.29) is 38.2 Å². The van der Waals surface area contributed by atoms with E-state index in [1.807, 2.05) is 41.5 Å². The van der Waals surface area contributed by atoms with E-state index in [9.17, 15) is 27.6 Å². The van der Waals surface area contributed by atoms with Crippen LogP contribution in [0.25, 0.3) is 0 Å². The lowest BCUT2D eigenvalue weighted by Gasteiger charge is -2.43. The topological polar surface area (TPSA) is 84.9 Å². The van der Waals surface area contributed by atoms with Crippen LogP contribution in [-0.4, -0.2) is 40.3 Å². The lowest BCUT2D eigenvalue weighted by atomic mass is 9.89. The molecule has 0 unspecified atom stereocenters. The van der Waals surface area contributed by atoms with Crippen LogP contribution in [0.2, 0.25) is 10.0 Å². The Morgan fingerprint density at radius 3 is 2.02 bits per heavy atom. The number of amides is 1. The van der Waals surface area contributed by atoms with E-state index < -0.39 is 41.1 Å². The maximum Gasteiger partial charge on any atom is 0.419 e. The number of carboxylic acid groups (broad SMARTS) is 1. The minimum absolute atomic E-state index is 0.0586. The molecule has 0 radical (unpaired) electrons. The number of nitrogens with one attached hydrogen (secondary N) is 1. The Morgan fingerprint density at radius 2 is 1.51 bits per heavy atom. The van der Waals surface area contributed by atoms with E-state index >= 15 is 0 Å². The molecule has 0 fully saturated rings. The van der Waals surface area contributed by atoms with E-state index in [0.29, 0.717) is 28.5 Å². The summed E-state index contributed by atoms with van der Waals surface area (Å²) in [5, 5.41) is 11.5. The molecule has 12 heteroatoms. The van der Waals surface area contributed by atoms with E-state index in [1.165, 1.54) is 6.07 Å². The van der Waals surface area contributed by atoms with Crippen molar-refractivity contribution in [3.05, 3.63) is 63.1 Å². The Bertz CT molecular complexity index is 1290. The third-order valence-electron chi connectivity index (χ3n) is 7.43. The summed E-state index contributed by atoms with van der Waals surface area (Å²) in [6, 6.07) is 9.05. The molecule has 0 aliphatic heterocycles. The SMILES string of the molecule is CC[C@@](CCc1ccc(OCCCc2ccc(Cl)c(Cl)c2)c(C(F)(F)F)c1)(COP(=O)(C(C)(C)C)C(C)(C)C)NC(=O)O. The molecule has 0 heterocycles. The molecular weight excluding hydrogens is 625 g/mol. The second kappa shape index (κ2) is 14.4. The van der Waals surface area contributed by atoms with Crippen molar-refractivity contribution in [2.75, 3.05) is 13.2 Å². The summed E-state index contributed by atoms with van der Waals surface area (Å²) in [6.07, 6.45) is -4.42. The standard InChI is InChI=1S/C31H43Cl2F3NO5P/c1-8-30(37-27(38)39,20-42-43(40,28(2,3)4)29(5,6)7)16-15-22-12-14-26(23(18-22)31(34,35)36)41-17-9-10-21-11-13-24(32)25(33)19-21/h11-14,18-19,37H,8-10,15-17,20H2,1-7H3,(H,38,39)/t30-/m1/s1. The van der Waals surface area contributed by atoms with Crippen molar-refractivity contribution in [3.63, 3.8) is 0 Å². The van der Waals surface area contributed by atoms with Gasteiger partial charge in [-0.25, -0.2) is 4.79 Å². The van der Waals surface area contributed by atoms with Crippen LogP contribution in [0, 0.1) is 0 Å². The Balaban J connectivity index is 2.22. The summed E-state index contributed by atoms with van der Waals surface area (Å²) < 4.78 is 67.8. The first-order valence-corrected chi connectivity index (χ1v) is 16.5. The zero-order valence-corrected chi connectivity index (χ0v) is 28.2. The second-order valence-corrected chi connectivity index (χ2v) is 17.6. The number of ether oxygens (including phenoxy) is 1. The summed E-state index contributed by atoms with van der Waals surface area (Å²) in [6.45, 7) is 12.5. The first-order valence-electron chi connectivity index (χ1n) is 14.2. The number of aryl methyl sites for hydroxylation is 2. The van der Waals surface area contributed by atoms with E-state index in [1.54, 1.807) is 31.2 Å². The van der Waals surface area contributed by atoms with Gasteiger partial charge in [-0.05, 0) is 67.5 Å². The molecule has 6 nitrogen and oxygen atoms in total. The minimum Gasteiger partial charge on any atom is -0.493 e. The molecular formula is C31H43Cl2F3NO5P. The fraction of sp³-hybridized carbons (Fsp3) is 0.581. The predicted octanol–water partition coefficient (Wildman–Crippen LogP) is 10.3. The van der Waals surface area contributed by atoms with Crippen LogP contribution in [0.15, 0.2) is 36.4 Å². The number of carbonyl (C=O) groups is 1. The van der Waals surface area contributed by atoms with Gasteiger partial charge in [0.15, 0.2) is 0 Å². The van der Waals surface area contributed by atoms with Gasteiger partial charge in [-0.3, -0.25) is 4.57 Å². The quantitative estimate of drug-likeness (QED) is 0.164. The average molecular weight is 669 g/mol. The molecule has 2 N–H and O–H groups in total. The van der Waals surface area contributed by atoms with Gasteiger partial charge >= 0.3 is 12.3 Å². The van der Waals surface area contributed by atoms with Gasteiger partial charge in [-0.1, -0.05) is 83.8 Å². The highest BCUT2D eigenvalue weighted by Gasteiger charge is 2.49. The molecule has 0 spiro atoms. The number of alkyl halides is 3. The summed E-state index contributed by atoms with van der Waals surface area (Å²) in [5.74, 6) is -0.282. The highest BCUT2D eigenvalue weighted by molar-refractivity contribution is 7.62. The van der Waals surface area contributed by atoms with Crippen LogP contribution in [-0.2, 0) is 28.1 Å². The lowest BCUT2D eigenvalue weighted by molar-refractivity contribution is -0.139. The number of rotatable bonds is 13. The van der Waals surface area contributed by atoms with Crippen molar-refractivity contribution < 1.29 is 36.9 Å². The average Bonchev–Trinajstić information content (AvgIpc) is 2.88. The van der Waals surface area contributed by atoms with Gasteiger partial charge in [0.05, 0.1) is 34.4 Å². The van der Waals surface area contributed by atoms with Gasteiger partial charge in [0.2, 0.25) is 7.37 Å². The Hall–Kier alpha value is -1.93. The van der Waals surface area contributed by atoms with Crippen molar-refractivity contribution in [2.24, 2.45) is 0 Å². The van der Waals surface area contributed by atoms with Crippen LogP contribution in [0.4, 0.5) is 18.0 Å². The molecule has 0 aliphatic rings. The van der Waals surface area contributed by atoms with E-state index in [0.717, 1.165) is 11.6 Å². The van der Waals surface area contributed by atoms with Crippen molar-refractivity contribution >= 4 is 36.7 Å². The van der Waals surface area contributed by atoms with Crippen LogP contribution in [0.5, 0.6) is 5.75 Å². The molecule has 2 aromatic carbocycles. The summed E-state index contributed by atoms with van der Waals surface area (Å²) >= 11 is 12.0. The molecule has 0 saturated heterocycles. The highest BCUT2D eigenvalue weighted by Crippen LogP contribution is 2.67. The van der Waals surface area contributed by atoms with Gasteiger partial charge in [0, 0.05) is 10.3 Å². The minimum atomic E-state index is -4.66. The molecule has 242 valence electrons. The van der Waals surface area contributed by atoms with Gasteiger partial charge in [-0.2, -0.15) is 13.2 Å². The molecule has 1 atom stereocenters. The van der Waals surface area contributed by atoms with Crippen LogP contribution < -0.4 is 10.1 Å². The summed E-state index contributed by atoms with van der Waals surface area (Å²) in [7, 11) is -3.32. The molecule has 1 amide bonds. The highest BCUT2D eigenvalue weighted by atomic mass is 35.5. The molecule has 43 heavy (non-hydrogen) atoms. The number of benzene rings is 2. The molecule has 0 aliphatic carbocycles. The number of halogens is 5. The van der Waals surface area contributed by atoms with Gasteiger partial charge in [0.25, 0.3) is 0 Å². The molecule has 2 rings (SSSR count). The maximum atomic E-state index is 14.0. The largest absolute Gasteiger partial charge is 0.493 e. The zero-order chi connectivity index (χ0) is 32.9. The third kappa shape index (κ3) is 10.0. The van der Waals surface area contributed by atoms with E-state index in [4.69, 9.17) is 32.5 Å². The Labute approximate surface area is 263 Å². The lowest BCUT2D eigenvalue weighted by Crippen LogP contribution is -2.52. The molecule has 0 aromatic heterocycles. The fourth-order valence-electron chi connectivity index (χ4n) is 4.99. The maximum absolute atomic E-state index is 14.0. The van der Waals surface area contributed by atoms with Gasteiger partial charge in [0.1, 0.15) is 5.75 Å². The summed E-state index contributed by atoms with van der Waals surface area (Å²) in [5.41, 5.74) is -0.829. The molecule has 0 bridgehead atoms. The van der Waals surface area contributed by atoms with Crippen molar-refractivity contribution in [1.82, 2.24) is 5.32 Å². The van der Waals surface area contributed by atoms with Crippen molar-refractivity contribution in [2.45, 2.75) is 103 Å².